The van der Waals surface area contributed by atoms with Gasteiger partial charge in [0.2, 0.25) is 0 Å². The van der Waals surface area contributed by atoms with Crippen molar-refractivity contribution in [3.8, 4) is 0 Å². The van der Waals surface area contributed by atoms with Gasteiger partial charge in [0.1, 0.15) is 6.33 Å². The van der Waals surface area contributed by atoms with Crippen molar-refractivity contribution in [1.82, 2.24) is 25.1 Å². The van der Waals surface area contributed by atoms with Crippen molar-refractivity contribution in [3.05, 3.63) is 40.9 Å². The summed E-state index contributed by atoms with van der Waals surface area (Å²) in [4.78, 5) is 17.0. The molecule has 1 atom stereocenters. The van der Waals surface area contributed by atoms with E-state index in [0.717, 1.165) is 34.0 Å². The fourth-order valence-electron chi connectivity index (χ4n) is 2.68. The van der Waals surface area contributed by atoms with Crippen LogP contribution in [0.3, 0.4) is 0 Å². The standard InChI is InChI=1S/C17H21N5O2S/c1-11(16-21-18-10-22(16)7-4-8-24-3)19-17(23)13-5-6-15-14(9-13)20-12(2)25-15/h5-6,9-11H,4,7-8H2,1-3H3,(H,19,23)/t11-/m1/s1. The molecule has 0 saturated carbocycles. The number of nitrogens with one attached hydrogen (secondary N) is 1. The zero-order valence-corrected chi connectivity index (χ0v) is 15.3. The molecule has 3 aromatic rings. The lowest BCUT2D eigenvalue weighted by Crippen LogP contribution is -2.28. The van der Waals surface area contributed by atoms with Crippen LogP contribution in [-0.2, 0) is 11.3 Å². The van der Waals surface area contributed by atoms with Crippen LogP contribution in [0.15, 0.2) is 24.5 Å². The van der Waals surface area contributed by atoms with Gasteiger partial charge in [0.25, 0.3) is 5.91 Å². The Bertz CT molecular complexity index is 873. The highest BCUT2D eigenvalue weighted by molar-refractivity contribution is 7.18. The van der Waals surface area contributed by atoms with E-state index in [9.17, 15) is 4.79 Å². The van der Waals surface area contributed by atoms with E-state index in [0.29, 0.717) is 12.2 Å². The van der Waals surface area contributed by atoms with Crippen molar-refractivity contribution in [2.45, 2.75) is 32.9 Å². The second-order valence-electron chi connectivity index (χ2n) is 5.84. The SMILES string of the molecule is COCCCn1cnnc1[C@@H](C)NC(=O)c1ccc2sc(C)nc2c1. The number of rotatable bonds is 7. The van der Waals surface area contributed by atoms with Gasteiger partial charge in [0.05, 0.1) is 21.3 Å². The largest absolute Gasteiger partial charge is 0.385 e. The number of nitrogens with zero attached hydrogens (tertiary/aromatic N) is 4. The molecule has 0 aliphatic carbocycles. The number of aromatic nitrogens is 4. The Morgan fingerprint density at radius 2 is 2.28 bits per heavy atom. The monoisotopic (exact) mass is 359 g/mol. The fraction of sp³-hybridized carbons (Fsp3) is 0.412. The number of thiazole rings is 1. The maximum atomic E-state index is 12.6. The van der Waals surface area contributed by atoms with Crippen molar-refractivity contribution >= 4 is 27.5 Å². The molecule has 7 nitrogen and oxygen atoms in total. The Labute approximate surface area is 150 Å². The van der Waals surface area contributed by atoms with Crippen LogP contribution in [-0.4, -0.2) is 39.4 Å². The van der Waals surface area contributed by atoms with E-state index in [2.05, 4.69) is 20.5 Å². The highest BCUT2D eigenvalue weighted by atomic mass is 32.1. The summed E-state index contributed by atoms with van der Waals surface area (Å²) in [5.74, 6) is 0.585. The van der Waals surface area contributed by atoms with Crippen molar-refractivity contribution in [2.75, 3.05) is 13.7 Å². The first kappa shape index (κ1) is 17.5. The quantitative estimate of drug-likeness (QED) is 0.656. The van der Waals surface area contributed by atoms with Crippen LogP contribution in [0.4, 0.5) is 0 Å². The third-order valence-electron chi connectivity index (χ3n) is 3.88. The Morgan fingerprint density at radius 1 is 1.44 bits per heavy atom. The average Bonchev–Trinajstić information content (AvgIpc) is 3.19. The molecule has 0 spiro atoms. The van der Waals surface area contributed by atoms with Gasteiger partial charge < -0.3 is 14.6 Å². The number of methoxy groups -OCH3 is 1. The van der Waals surface area contributed by atoms with Crippen LogP contribution >= 0.6 is 11.3 Å². The van der Waals surface area contributed by atoms with Gasteiger partial charge >= 0.3 is 0 Å². The van der Waals surface area contributed by atoms with Gasteiger partial charge in [0.15, 0.2) is 5.82 Å². The van der Waals surface area contributed by atoms with E-state index in [1.54, 1.807) is 24.8 Å². The number of benzene rings is 1. The summed E-state index contributed by atoms with van der Waals surface area (Å²) >= 11 is 1.62. The smallest absolute Gasteiger partial charge is 0.251 e. The Kier molecular flexibility index (Phi) is 5.40. The lowest BCUT2D eigenvalue weighted by atomic mass is 10.2. The molecular weight excluding hydrogens is 338 g/mol. The lowest BCUT2D eigenvalue weighted by Gasteiger charge is -2.15. The van der Waals surface area contributed by atoms with Crippen LogP contribution in [0.2, 0.25) is 0 Å². The molecule has 2 aromatic heterocycles. The number of fused-ring (bicyclic) bond motifs is 1. The van der Waals surface area contributed by atoms with E-state index < -0.39 is 0 Å². The molecule has 3 rings (SSSR count). The molecule has 1 amide bonds. The minimum Gasteiger partial charge on any atom is -0.385 e. The van der Waals surface area contributed by atoms with Crippen LogP contribution in [0, 0.1) is 6.92 Å². The molecule has 0 bridgehead atoms. The van der Waals surface area contributed by atoms with E-state index in [4.69, 9.17) is 4.74 Å². The number of hydrogen-bond acceptors (Lipinski definition) is 6. The first-order chi connectivity index (χ1) is 12.1. The summed E-state index contributed by atoms with van der Waals surface area (Å²) in [6, 6.07) is 5.34. The number of ether oxygens (including phenoxy) is 1. The molecule has 25 heavy (non-hydrogen) atoms. The van der Waals surface area contributed by atoms with E-state index in [1.807, 2.05) is 36.6 Å². The molecule has 0 fully saturated rings. The zero-order chi connectivity index (χ0) is 17.8. The third-order valence-corrected chi connectivity index (χ3v) is 4.84. The summed E-state index contributed by atoms with van der Waals surface area (Å²) in [5, 5.41) is 12.1. The van der Waals surface area contributed by atoms with E-state index in [1.165, 1.54) is 0 Å². The minimum absolute atomic E-state index is 0.147. The van der Waals surface area contributed by atoms with Crippen molar-refractivity contribution in [2.24, 2.45) is 0 Å². The van der Waals surface area contributed by atoms with Crippen molar-refractivity contribution < 1.29 is 9.53 Å². The molecule has 0 aliphatic heterocycles. The van der Waals surface area contributed by atoms with Crippen LogP contribution < -0.4 is 5.32 Å². The fourth-order valence-corrected chi connectivity index (χ4v) is 3.49. The molecule has 8 heteroatoms. The molecule has 1 N–H and O–H groups in total. The predicted molar refractivity (Wildman–Crippen MR) is 96.8 cm³/mol. The Morgan fingerprint density at radius 3 is 3.08 bits per heavy atom. The normalized spacial score (nSPS) is 12.4. The number of hydrogen-bond donors (Lipinski definition) is 1. The van der Waals surface area contributed by atoms with Gasteiger partial charge in [-0.05, 0) is 38.5 Å². The second kappa shape index (κ2) is 7.71. The van der Waals surface area contributed by atoms with E-state index in [-0.39, 0.29) is 11.9 Å². The average molecular weight is 359 g/mol. The van der Waals surface area contributed by atoms with Gasteiger partial charge in [-0.2, -0.15) is 0 Å². The second-order valence-corrected chi connectivity index (χ2v) is 7.07. The molecule has 2 heterocycles. The van der Waals surface area contributed by atoms with E-state index >= 15 is 0 Å². The highest BCUT2D eigenvalue weighted by Gasteiger charge is 2.17. The van der Waals surface area contributed by atoms with Gasteiger partial charge in [-0.15, -0.1) is 21.5 Å². The summed E-state index contributed by atoms with van der Waals surface area (Å²) in [7, 11) is 1.68. The lowest BCUT2D eigenvalue weighted by molar-refractivity contribution is 0.0937. The number of aryl methyl sites for hydroxylation is 2. The van der Waals surface area contributed by atoms with Gasteiger partial charge in [0, 0.05) is 25.8 Å². The minimum atomic E-state index is -0.245. The summed E-state index contributed by atoms with van der Waals surface area (Å²) in [6.07, 6.45) is 2.54. The Hall–Kier alpha value is -2.32. The molecule has 0 unspecified atom stereocenters. The topological polar surface area (TPSA) is 81.9 Å². The van der Waals surface area contributed by atoms with Crippen molar-refractivity contribution in [1.29, 1.82) is 0 Å². The Balaban J connectivity index is 1.70. The van der Waals surface area contributed by atoms with Gasteiger partial charge in [-0.25, -0.2) is 4.98 Å². The zero-order valence-electron chi connectivity index (χ0n) is 14.5. The van der Waals surface area contributed by atoms with Crippen LogP contribution in [0.25, 0.3) is 10.2 Å². The molecule has 132 valence electrons. The maximum absolute atomic E-state index is 12.6. The third kappa shape index (κ3) is 4.02. The summed E-state index contributed by atoms with van der Waals surface area (Å²) in [5.41, 5.74) is 1.45. The molecule has 1 aromatic carbocycles. The van der Waals surface area contributed by atoms with Crippen LogP contribution in [0.1, 0.15) is 40.6 Å². The predicted octanol–water partition coefficient (Wildman–Crippen LogP) is 2.72. The first-order valence-corrected chi connectivity index (χ1v) is 8.95. The number of carbonyl (C=O) groups excluding carboxylic acids is 1. The van der Waals surface area contributed by atoms with Crippen molar-refractivity contribution in [3.63, 3.8) is 0 Å². The number of amides is 1. The molecule has 0 aliphatic rings. The van der Waals surface area contributed by atoms with Gasteiger partial charge in [-0.1, -0.05) is 0 Å². The molecule has 0 saturated heterocycles. The van der Waals surface area contributed by atoms with Gasteiger partial charge in [-0.3, -0.25) is 4.79 Å². The maximum Gasteiger partial charge on any atom is 0.251 e. The van der Waals surface area contributed by atoms with Crippen LogP contribution in [0.5, 0.6) is 0 Å². The number of carbonyl (C=O) groups is 1. The highest BCUT2D eigenvalue weighted by Crippen LogP contribution is 2.22. The first-order valence-electron chi connectivity index (χ1n) is 8.13. The molecular formula is C17H21N5O2S. The summed E-state index contributed by atoms with van der Waals surface area (Å²) in [6.45, 7) is 5.29. The molecule has 0 radical (unpaired) electrons. The summed E-state index contributed by atoms with van der Waals surface area (Å²) < 4.78 is 8.10.